The quantitative estimate of drug-likeness (QED) is 0.569. The van der Waals surface area contributed by atoms with Crippen LogP contribution < -0.4 is 0 Å². The monoisotopic (exact) mass is 157 g/mol. The highest BCUT2D eigenvalue weighted by molar-refractivity contribution is 4.78. The van der Waals surface area contributed by atoms with E-state index in [2.05, 4.69) is 32.5 Å². The molecule has 0 atom stereocenters. The van der Waals surface area contributed by atoms with E-state index in [4.69, 9.17) is 0 Å². The second-order valence-electron chi connectivity index (χ2n) is 3.36. The third-order valence-corrected chi connectivity index (χ3v) is 0.959. The topological polar surface area (TPSA) is 3.24 Å². The van der Waals surface area contributed by atoms with E-state index in [0.29, 0.717) is 0 Å². The Morgan fingerprint density at radius 3 is 1.73 bits per heavy atom. The Labute approximate surface area is 72.1 Å². The normalized spacial score (nSPS) is 8.91. The van der Waals surface area contributed by atoms with Gasteiger partial charge in [0.25, 0.3) is 0 Å². The maximum atomic E-state index is 3.56. The van der Waals surface area contributed by atoms with Gasteiger partial charge in [-0.25, -0.2) is 0 Å². The van der Waals surface area contributed by atoms with Gasteiger partial charge in [0, 0.05) is 0 Å². The Hall–Kier alpha value is -0.300. The molecule has 0 saturated heterocycles. The lowest BCUT2D eigenvalue weighted by Crippen LogP contribution is -2.12. The molecule has 0 saturated carbocycles. The second-order valence-corrected chi connectivity index (χ2v) is 3.36. The van der Waals surface area contributed by atoms with E-state index in [-0.39, 0.29) is 0 Å². The van der Waals surface area contributed by atoms with E-state index < -0.39 is 0 Å². The lowest BCUT2D eigenvalue weighted by Gasteiger charge is -2.05. The highest BCUT2D eigenvalue weighted by Crippen LogP contribution is 1.86. The third kappa shape index (κ3) is 42.0. The van der Waals surface area contributed by atoms with Crippen molar-refractivity contribution in [2.45, 2.75) is 33.6 Å². The molecule has 0 aromatic rings. The molecule has 0 radical (unpaired) electrons. The number of nitrogens with zero attached hydrogens (tertiary/aromatic N) is 1. The molecule has 0 spiro atoms. The zero-order valence-corrected chi connectivity index (χ0v) is 8.78. The number of allylic oxidation sites excluding steroid dienone is 1. The number of rotatable bonds is 3. The minimum Gasteiger partial charge on any atom is -0.309 e. The molecule has 0 aliphatic heterocycles. The van der Waals surface area contributed by atoms with E-state index in [1.807, 2.05) is 13.8 Å². The molecular weight excluding hydrogens is 134 g/mol. The van der Waals surface area contributed by atoms with Crippen molar-refractivity contribution in [3.8, 4) is 0 Å². The molecule has 1 nitrogen and oxygen atoms in total. The molecule has 0 rings (SSSR count). The summed E-state index contributed by atoms with van der Waals surface area (Å²) in [5.41, 5.74) is 1.17. The van der Waals surface area contributed by atoms with Crippen LogP contribution in [0.2, 0.25) is 0 Å². The van der Waals surface area contributed by atoms with Gasteiger partial charge in [0.15, 0.2) is 0 Å². The fourth-order valence-corrected chi connectivity index (χ4v) is 0.474. The van der Waals surface area contributed by atoms with Gasteiger partial charge in [0.05, 0.1) is 0 Å². The summed E-state index contributed by atoms with van der Waals surface area (Å²) in [6.45, 7) is 10.9. The summed E-state index contributed by atoms with van der Waals surface area (Å²) in [5.74, 6) is 0. The predicted molar refractivity (Wildman–Crippen MR) is 54.0 cm³/mol. The first kappa shape index (κ1) is 13.3. The Morgan fingerprint density at radius 2 is 1.64 bits per heavy atom. The average Bonchev–Trinajstić information content (AvgIpc) is 1.82. The predicted octanol–water partition coefficient (Wildman–Crippen LogP) is 2.93. The van der Waals surface area contributed by atoms with Crippen LogP contribution in [0.3, 0.4) is 0 Å². The van der Waals surface area contributed by atoms with Crippen molar-refractivity contribution in [2.24, 2.45) is 0 Å². The third-order valence-electron chi connectivity index (χ3n) is 0.959. The van der Waals surface area contributed by atoms with Gasteiger partial charge < -0.3 is 4.90 Å². The molecule has 0 aliphatic carbocycles. The molecule has 0 heterocycles. The average molecular weight is 157 g/mol. The van der Waals surface area contributed by atoms with Crippen LogP contribution in [0.1, 0.15) is 33.6 Å². The Kier molecular flexibility index (Phi) is 11.7. The van der Waals surface area contributed by atoms with Crippen LogP contribution in [0, 0.1) is 0 Å². The molecule has 0 aromatic heterocycles. The lowest BCUT2D eigenvalue weighted by atomic mass is 10.3. The summed E-state index contributed by atoms with van der Waals surface area (Å²) in [6, 6.07) is 0. The van der Waals surface area contributed by atoms with E-state index in [1.165, 1.54) is 25.0 Å². The van der Waals surface area contributed by atoms with E-state index in [1.54, 1.807) is 0 Å². The van der Waals surface area contributed by atoms with Gasteiger partial charge in [-0.15, -0.1) is 6.58 Å². The number of unbranched alkanes of at least 4 members (excludes halogenated alkanes) is 1. The van der Waals surface area contributed by atoms with E-state index in [0.717, 1.165) is 0 Å². The molecule has 0 fully saturated rings. The van der Waals surface area contributed by atoms with Crippen molar-refractivity contribution in [3.63, 3.8) is 0 Å². The Morgan fingerprint density at radius 1 is 1.27 bits per heavy atom. The van der Waals surface area contributed by atoms with Gasteiger partial charge >= 0.3 is 0 Å². The van der Waals surface area contributed by atoms with Crippen LogP contribution in [-0.4, -0.2) is 25.5 Å². The van der Waals surface area contributed by atoms with Gasteiger partial charge in [-0.2, -0.15) is 0 Å². The summed E-state index contributed by atoms with van der Waals surface area (Å²) < 4.78 is 0. The lowest BCUT2D eigenvalue weighted by molar-refractivity contribution is 0.398. The van der Waals surface area contributed by atoms with Gasteiger partial charge in [-0.05, 0) is 40.9 Å². The number of hydrogen-bond donors (Lipinski definition) is 0. The molecule has 68 valence electrons. The maximum absolute atomic E-state index is 3.56. The highest BCUT2D eigenvalue weighted by Gasteiger charge is 1.83. The van der Waals surface area contributed by atoms with Crippen molar-refractivity contribution in [1.29, 1.82) is 0 Å². The molecular formula is C10H23N. The Bertz CT molecular complexity index is 80.9. The van der Waals surface area contributed by atoms with E-state index >= 15 is 0 Å². The van der Waals surface area contributed by atoms with E-state index in [9.17, 15) is 0 Å². The van der Waals surface area contributed by atoms with Crippen LogP contribution in [0.15, 0.2) is 12.2 Å². The minimum atomic E-state index is 1.17. The summed E-state index contributed by atoms with van der Waals surface area (Å²) in [4.78, 5) is 2.21. The summed E-state index contributed by atoms with van der Waals surface area (Å²) in [6.07, 6.45) is 2.63. The molecule has 0 unspecified atom stereocenters. The zero-order valence-electron chi connectivity index (χ0n) is 8.78. The van der Waals surface area contributed by atoms with Gasteiger partial charge in [-0.3, -0.25) is 0 Å². The number of hydrogen-bond acceptors (Lipinski definition) is 1. The van der Waals surface area contributed by atoms with Gasteiger partial charge in [-0.1, -0.05) is 18.9 Å². The first-order valence-electron chi connectivity index (χ1n) is 4.27. The molecule has 0 aromatic carbocycles. The van der Waals surface area contributed by atoms with Gasteiger partial charge in [0.2, 0.25) is 0 Å². The maximum Gasteiger partial charge on any atom is -0.00249 e. The van der Waals surface area contributed by atoms with Crippen LogP contribution in [0.25, 0.3) is 0 Å². The Balaban J connectivity index is 0. The summed E-state index contributed by atoms with van der Waals surface area (Å²) in [5, 5.41) is 0. The van der Waals surface area contributed by atoms with Crippen molar-refractivity contribution >= 4 is 0 Å². The fourth-order valence-electron chi connectivity index (χ4n) is 0.474. The van der Waals surface area contributed by atoms with Crippen LogP contribution in [-0.2, 0) is 0 Å². The van der Waals surface area contributed by atoms with Crippen molar-refractivity contribution < 1.29 is 0 Å². The van der Waals surface area contributed by atoms with Crippen molar-refractivity contribution in [1.82, 2.24) is 4.90 Å². The summed E-state index contributed by atoms with van der Waals surface area (Å²) >= 11 is 0. The van der Waals surface area contributed by atoms with Crippen LogP contribution in [0.4, 0.5) is 0 Å². The van der Waals surface area contributed by atoms with Gasteiger partial charge in [0.1, 0.15) is 0 Å². The molecule has 0 amide bonds. The SMILES string of the molecule is C=C(C)C.CCCCN(C)C. The largest absolute Gasteiger partial charge is 0.309 e. The minimum absolute atomic E-state index is 1.17. The van der Waals surface area contributed by atoms with Crippen molar-refractivity contribution in [2.75, 3.05) is 20.6 Å². The van der Waals surface area contributed by atoms with Crippen LogP contribution >= 0.6 is 0 Å². The molecule has 0 N–H and O–H groups in total. The first-order chi connectivity index (χ1) is 5.00. The van der Waals surface area contributed by atoms with Crippen LogP contribution in [0.5, 0.6) is 0 Å². The highest BCUT2D eigenvalue weighted by atomic mass is 15.0. The second kappa shape index (κ2) is 9.70. The molecule has 0 bridgehead atoms. The molecule has 11 heavy (non-hydrogen) atoms. The standard InChI is InChI=1S/C6H15N.C4H8/c1-4-5-6-7(2)3;1-4(2)3/h4-6H2,1-3H3;1H2,2-3H3. The first-order valence-corrected chi connectivity index (χ1v) is 4.27. The molecule has 1 heteroatoms. The van der Waals surface area contributed by atoms with Crippen molar-refractivity contribution in [3.05, 3.63) is 12.2 Å². The molecule has 0 aliphatic rings. The fraction of sp³-hybridized carbons (Fsp3) is 0.800. The summed E-state index contributed by atoms with van der Waals surface area (Å²) in [7, 11) is 4.21. The zero-order chi connectivity index (χ0) is 9.28. The smallest absolute Gasteiger partial charge is 0.00249 e.